The summed E-state index contributed by atoms with van der Waals surface area (Å²) >= 11 is 0. The molecule has 0 aliphatic rings. The van der Waals surface area contributed by atoms with Gasteiger partial charge in [-0.3, -0.25) is 19.7 Å². The molecule has 0 aromatic heterocycles. The lowest BCUT2D eigenvalue weighted by molar-refractivity contribution is -0.432. The predicted molar refractivity (Wildman–Crippen MR) is 119 cm³/mol. The summed E-state index contributed by atoms with van der Waals surface area (Å²) in [5.41, 5.74) is 1.30. The molecule has 1 N–H and O–H groups in total. The number of carbonyl (C=O) groups excluding carboxylic acids is 2. The summed E-state index contributed by atoms with van der Waals surface area (Å²) in [4.78, 5) is 47.4. The summed E-state index contributed by atoms with van der Waals surface area (Å²) in [5.74, 6) is -3.90. The van der Waals surface area contributed by atoms with E-state index in [0.29, 0.717) is 11.1 Å². The van der Waals surface area contributed by atoms with Crippen molar-refractivity contribution in [2.75, 3.05) is 6.61 Å². The number of esters is 2. The minimum absolute atomic E-state index is 0.0753. The van der Waals surface area contributed by atoms with Crippen LogP contribution in [0.2, 0.25) is 0 Å². The Balaban J connectivity index is 2.32. The largest absolute Gasteiger partial charge is 0.481 e. The molecule has 174 valence electrons. The van der Waals surface area contributed by atoms with Crippen molar-refractivity contribution in [3.63, 3.8) is 0 Å². The number of nitro groups is 1. The van der Waals surface area contributed by atoms with Gasteiger partial charge in [0, 0.05) is 12.0 Å². The summed E-state index contributed by atoms with van der Waals surface area (Å²) in [5, 5.41) is 21.0. The summed E-state index contributed by atoms with van der Waals surface area (Å²) in [7, 11) is 0. The number of ether oxygens (including phenoxy) is 2. The van der Waals surface area contributed by atoms with Crippen molar-refractivity contribution >= 4 is 24.0 Å². The van der Waals surface area contributed by atoms with Gasteiger partial charge in [0.2, 0.25) is 0 Å². The molecular formula is C24H25NO8. The molecule has 2 unspecified atom stereocenters. The Hall–Kier alpha value is -4.01. The molecule has 2 aromatic carbocycles. The number of carboxylic acid groups (broad SMARTS) is 1. The first-order valence-electron chi connectivity index (χ1n) is 10.3. The lowest BCUT2D eigenvalue weighted by atomic mass is 9.92. The zero-order chi connectivity index (χ0) is 24.4. The first kappa shape index (κ1) is 25.3. The number of carbonyl (C=O) groups is 3. The lowest BCUT2D eigenvalue weighted by Crippen LogP contribution is -2.34. The van der Waals surface area contributed by atoms with Gasteiger partial charge in [-0.05, 0) is 25.0 Å². The van der Waals surface area contributed by atoms with E-state index < -0.39 is 40.6 Å². The average Bonchev–Trinajstić information content (AvgIpc) is 2.77. The summed E-state index contributed by atoms with van der Waals surface area (Å²) in [6.07, 6.45) is -1.51. The standard InChI is InChI=1S/C24H25NO8/c1-3-32-24(29)23(20(25(30)31)13-17-11-9-16(2)10-12-17)33-22(28)15-19(14-21(26)27)18-7-5-4-6-8-18/h4-13,19,23H,3,14-15H2,1-2H3,(H,26,27)/b20-13-. The Labute approximate surface area is 190 Å². The van der Waals surface area contributed by atoms with E-state index in [9.17, 15) is 29.6 Å². The highest BCUT2D eigenvalue weighted by Gasteiger charge is 2.37. The molecule has 9 nitrogen and oxygen atoms in total. The zero-order valence-electron chi connectivity index (χ0n) is 18.3. The van der Waals surface area contributed by atoms with E-state index in [2.05, 4.69) is 0 Å². The number of benzene rings is 2. The number of aliphatic carboxylic acids is 1. The van der Waals surface area contributed by atoms with Crippen molar-refractivity contribution in [3.05, 3.63) is 87.1 Å². The van der Waals surface area contributed by atoms with Crippen LogP contribution in [0.15, 0.2) is 60.3 Å². The molecule has 0 saturated heterocycles. The van der Waals surface area contributed by atoms with Gasteiger partial charge >= 0.3 is 17.9 Å². The van der Waals surface area contributed by atoms with E-state index in [1.54, 1.807) is 54.6 Å². The Morgan fingerprint density at radius 2 is 1.70 bits per heavy atom. The van der Waals surface area contributed by atoms with Gasteiger partial charge in [-0.2, -0.15) is 0 Å². The van der Waals surface area contributed by atoms with E-state index in [0.717, 1.165) is 11.6 Å². The topological polar surface area (TPSA) is 133 Å². The number of hydrogen-bond donors (Lipinski definition) is 1. The SMILES string of the molecule is CCOC(=O)C(OC(=O)CC(CC(=O)O)c1ccccc1)/C(=C/c1ccc(C)cc1)[N+](=O)[O-]. The molecule has 0 aliphatic heterocycles. The van der Waals surface area contributed by atoms with Crippen LogP contribution < -0.4 is 0 Å². The predicted octanol–water partition coefficient (Wildman–Crippen LogP) is 3.74. The average molecular weight is 455 g/mol. The summed E-state index contributed by atoms with van der Waals surface area (Å²) < 4.78 is 10.1. The first-order chi connectivity index (χ1) is 15.7. The number of carboxylic acids is 1. The first-order valence-corrected chi connectivity index (χ1v) is 10.3. The summed E-state index contributed by atoms with van der Waals surface area (Å²) in [6, 6.07) is 15.2. The fourth-order valence-electron chi connectivity index (χ4n) is 3.13. The molecule has 0 fully saturated rings. The minimum Gasteiger partial charge on any atom is -0.481 e. The van der Waals surface area contributed by atoms with Crippen molar-refractivity contribution in [3.8, 4) is 0 Å². The van der Waals surface area contributed by atoms with Gasteiger partial charge in [0.25, 0.3) is 11.8 Å². The van der Waals surface area contributed by atoms with E-state index in [1.807, 2.05) is 6.92 Å². The quantitative estimate of drug-likeness (QED) is 0.308. The number of aryl methyl sites for hydroxylation is 1. The van der Waals surface area contributed by atoms with Gasteiger partial charge in [0.1, 0.15) is 0 Å². The molecule has 0 bridgehead atoms. The highest BCUT2D eigenvalue weighted by molar-refractivity contribution is 5.83. The zero-order valence-corrected chi connectivity index (χ0v) is 18.3. The lowest BCUT2D eigenvalue weighted by Gasteiger charge is -2.18. The fourth-order valence-corrected chi connectivity index (χ4v) is 3.13. The maximum absolute atomic E-state index is 12.7. The third-order valence-corrected chi connectivity index (χ3v) is 4.73. The Kier molecular flexibility index (Phi) is 9.29. The Bertz CT molecular complexity index is 1010. The van der Waals surface area contributed by atoms with Crippen LogP contribution in [0.25, 0.3) is 6.08 Å². The van der Waals surface area contributed by atoms with Crippen LogP contribution in [0.5, 0.6) is 0 Å². The molecule has 9 heteroatoms. The molecule has 33 heavy (non-hydrogen) atoms. The fraction of sp³-hybridized carbons (Fsp3) is 0.292. The Morgan fingerprint density at radius 1 is 1.06 bits per heavy atom. The molecule has 0 aliphatic carbocycles. The normalized spacial score (nSPS) is 13.0. The van der Waals surface area contributed by atoms with Crippen LogP contribution in [-0.2, 0) is 23.9 Å². The monoisotopic (exact) mass is 455 g/mol. The second-order valence-electron chi connectivity index (χ2n) is 7.27. The highest BCUT2D eigenvalue weighted by Crippen LogP contribution is 2.25. The van der Waals surface area contributed by atoms with E-state index in [1.165, 1.54) is 6.92 Å². The van der Waals surface area contributed by atoms with Gasteiger partial charge in [-0.1, -0.05) is 60.2 Å². The van der Waals surface area contributed by atoms with Crippen molar-refractivity contribution in [1.82, 2.24) is 0 Å². The second kappa shape index (κ2) is 12.1. The van der Waals surface area contributed by atoms with Gasteiger partial charge < -0.3 is 14.6 Å². The minimum atomic E-state index is -1.91. The number of rotatable bonds is 11. The highest BCUT2D eigenvalue weighted by atomic mass is 16.6. The number of nitrogens with zero attached hydrogens (tertiary/aromatic N) is 1. The third-order valence-electron chi connectivity index (χ3n) is 4.73. The second-order valence-corrected chi connectivity index (χ2v) is 7.27. The smallest absolute Gasteiger partial charge is 0.358 e. The van der Waals surface area contributed by atoms with Crippen LogP contribution in [0, 0.1) is 17.0 Å². The van der Waals surface area contributed by atoms with Crippen LogP contribution in [0.1, 0.15) is 42.4 Å². The molecular weight excluding hydrogens is 430 g/mol. The maximum atomic E-state index is 12.7. The van der Waals surface area contributed by atoms with Gasteiger partial charge in [0.15, 0.2) is 0 Å². The van der Waals surface area contributed by atoms with Gasteiger partial charge in [-0.25, -0.2) is 4.79 Å². The molecule has 2 atom stereocenters. The molecule has 0 amide bonds. The maximum Gasteiger partial charge on any atom is 0.358 e. The molecule has 0 heterocycles. The molecule has 2 rings (SSSR count). The Morgan fingerprint density at radius 3 is 2.24 bits per heavy atom. The van der Waals surface area contributed by atoms with Crippen molar-refractivity contribution in [2.24, 2.45) is 0 Å². The molecule has 0 radical (unpaired) electrons. The van der Waals surface area contributed by atoms with Crippen LogP contribution >= 0.6 is 0 Å². The van der Waals surface area contributed by atoms with Crippen molar-refractivity contribution in [1.29, 1.82) is 0 Å². The van der Waals surface area contributed by atoms with Crippen LogP contribution in [-0.4, -0.2) is 40.6 Å². The van der Waals surface area contributed by atoms with E-state index in [-0.39, 0.29) is 19.4 Å². The summed E-state index contributed by atoms with van der Waals surface area (Å²) in [6.45, 7) is 3.30. The third kappa shape index (κ3) is 7.88. The van der Waals surface area contributed by atoms with E-state index >= 15 is 0 Å². The molecule has 0 spiro atoms. The van der Waals surface area contributed by atoms with Gasteiger partial charge in [-0.15, -0.1) is 0 Å². The molecule has 2 aromatic rings. The van der Waals surface area contributed by atoms with Crippen molar-refractivity contribution < 1.29 is 33.9 Å². The number of hydrogen-bond acceptors (Lipinski definition) is 7. The van der Waals surface area contributed by atoms with Crippen molar-refractivity contribution in [2.45, 2.75) is 38.7 Å². The van der Waals surface area contributed by atoms with Gasteiger partial charge in [0.05, 0.1) is 24.4 Å². The van der Waals surface area contributed by atoms with Crippen LogP contribution in [0.3, 0.4) is 0 Å². The van der Waals surface area contributed by atoms with Crippen LogP contribution in [0.4, 0.5) is 0 Å². The van der Waals surface area contributed by atoms with E-state index in [4.69, 9.17) is 9.47 Å². The molecule has 0 saturated carbocycles.